The van der Waals surface area contributed by atoms with Crippen LogP contribution in [0.25, 0.3) is 11.3 Å². The third kappa shape index (κ3) is 3.19. The normalized spacial score (nSPS) is 15.9. The number of carbonyl (C=O) groups excluding carboxylic acids is 1. The lowest BCUT2D eigenvalue weighted by molar-refractivity contribution is 0.0765. The van der Waals surface area contributed by atoms with E-state index < -0.39 is 0 Å². The number of rotatable bonds is 3. The Kier molecular flexibility index (Phi) is 4.55. The molecule has 0 atom stereocenters. The van der Waals surface area contributed by atoms with Crippen LogP contribution in [0.3, 0.4) is 0 Å². The Morgan fingerprint density at radius 1 is 0.966 bits per heavy atom. The van der Waals surface area contributed by atoms with Crippen molar-refractivity contribution in [3.63, 3.8) is 0 Å². The molecule has 0 saturated heterocycles. The van der Waals surface area contributed by atoms with Crippen molar-refractivity contribution in [2.45, 2.75) is 32.6 Å². The van der Waals surface area contributed by atoms with Gasteiger partial charge >= 0.3 is 0 Å². The van der Waals surface area contributed by atoms with Crippen molar-refractivity contribution in [3.05, 3.63) is 88.8 Å². The van der Waals surface area contributed by atoms with Crippen molar-refractivity contribution in [2.75, 3.05) is 13.1 Å². The molecule has 0 radical (unpaired) electrons. The molecule has 1 amide bonds. The number of nitrogens with zero attached hydrogens (tertiary/aromatic N) is 3. The lowest BCUT2D eigenvalue weighted by Gasteiger charge is -2.26. The molecule has 29 heavy (non-hydrogen) atoms. The fraction of sp³-hybridized carbons (Fsp3) is 0.280. The van der Waals surface area contributed by atoms with Crippen molar-refractivity contribution in [3.8, 4) is 5.69 Å². The molecule has 0 N–H and O–H groups in total. The van der Waals surface area contributed by atoms with Crippen molar-refractivity contribution < 1.29 is 4.79 Å². The lowest BCUT2D eigenvalue weighted by Crippen LogP contribution is -2.35. The zero-order valence-electron chi connectivity index (χ0n) is 16.8. The number of hydrogen-bond acceptors (Lipinski definition) is 2. The van der Waals surface area contributed by atoms with Gasteiger partial charge in [0.1, 0.15) is 0 Å². The molecule has 2 heterocycles. The highest BCUT2D eigenvalue weighted by molar-refractivity contribution is 5.95. The van der Waals surface area contributed by atoms with E-state index in [1.165, 1.54) is 22.4 Å². The van der Waals surface area contributed by atoms with E-state index in [0.717, 1.165) is 43.5 Å². The molecule has 1 aliphatic heterocycles. The summed E-state index contributed by atoms with van der Waals surface area (Å²) in [7, 11) is 0. The van der Waals surface area contributed by atoms with Gasteiger partial charge in [-0.15, -0.1) is 0 Å². The van der Waals surface area contributed by atoms with Crippen molar-refractivity contribution in [1.29, 1.82) is 0 Å². The second-order valence-corrected chi connectivity index (χ2v) is 7.92. The van der Waals surface area contributed by atoms with E-state index in [9.17, 15) is 4.79 Å². The minimum absolute atomic E-state index is 0.0684. The summed E-state index contributed by atoms with van der Waals surface area (Å²) in [6.07, 6.45) is 6.10. The second-order valence-electron chi connectivity index (χ2n) is 7.92. The molecular formula is C25H25N3O. The first-order valence-corrected chi connectivity index (χ1v) is 10.4. The van der Waals surface area contributed by atoms with Crippen LogP contribution in [-0.2, 0) is 12.8 Å². The summed E-state index contributed by atoms with van der Waals surface area (Å²) in [6.45, 7) is 3.49. The summed E-state index contributed by atoms with van der Waals surface area (Å²) in [5.41, 5.74) is 7.84. The first kappa shape index (κ1) is 17.9. The summed E-state index contributed by atoms with van der Waals surface area (Å²) < 4.78 is 2.01. The molecule has 0 bridgehead atoms. The average molecular weight is 383 g/mol. The van der Waals surface area contributed by atoms with E-state index in [2.05, 4.69) is 49.4 Å². The maximum Gasteiger partial charge on any atom is 0.274 e. The Morgan fingerprint density at radius 3 is 2.52 bits per heavy atom. The molecule has 4 heteroatoms. The molecule has 4 nitrogen and oxygen atoms in total. The van der Waals surface area contributed by atoms with E-state index >= 15 is 0 Å². The van der Waals surface area contributed by atoms with Gasteiger partial charge in [-0.05, 0) is 55.4 Å². The predicted octanol–water partition coefficient (Wildman–Crippen LogP) is 4.60. The van der Waals surface area contributed by atoms with Crippen LogP contribution in [0.2, 0.25) is 0 Å². The van der Waals surface area contributed by atoms with Crippen LogP contribution >= 0.6 is 0 Å². The first-order chi connectivity index (χ1) is 14.2. The molecular weight excluding hydrogens is 358 g/mol. The lowest BCUT2D eigenvalue weighted by atomic mass is 9.99. The average Bonchev–Trinajstić information content (AvgIpc) is 3.38. The SMILES string of the molecule is Cc1ccccc1-n1nc(C(=O)N2CC=C(c3ccccc3)CC2)c2c1CCC2. The number of hydrogen-bond donors (Lipinski definition) is 0. The summed E-state index contributed by atoms with van der Waals surface area (Å²) in [5, 5.41) is 4.82. The predicted molar refractivity (Wildman–Crippen MR) is 115 cm³/mol. The second kappa shape index (κ2) is 7.36. The van der Waals surface area contributed by atoms with Gasteiger partial charge in [0.05, 0.1) is 5.69 Å². The highest BCUT2D eigenvalue weighted by Gasteiger charge is 2.30. The minimum atomic E-state index is 0.0684. The van der Waals surface area contributed by atoms with Gasteiger partial charge in [0.2, 0.25) is 0 Å². The molecule has 0 unspecified atom stereocenters. The molecule has 2 aliphatic rings. The Bertz CT molecular complexity index is 1090. The maximum absolute atomic E-state index is 13.4. The van der Waals surface area contributed by atoms with Gasteiger partial charge in [-0.2, -0.15) is 5.10 Å². The number of aryl methyl sites for hydroxylation is 1. The highest BCUT2D eigenvalue weighted by Crippen LogP contribution is 2.30. The molecule has 0 spiro atoms. The molecule has 5 rings (SSSR count). The third-order valence-electron chi connectivity index (χ3n) is 6.12. The van der Waals surface area contributed by atoms with E-state index in [0.29, 0.717) is 12.2 Å². The Morgan fingerprint density at radius 2 is 1.76 bits per heavy atom. The van der Waals surface area contributed by atoms with Crippen molar-refractivity contribution >= 4 is 11.5 Å². The third-order valence-corrected chi connectivity index (χ3v) is 6.12. The topological polar surface area (TPSA) is 38.1 Å². The quantitative estimate of drug-likeness (QED) is 0.663. The summed E-state index contributed by atoms with van der Waals surface area (Å²) in [4.78, 5) is 15.3. The van der Waals surface area contributed by atoms with Gasteiger partial charge in [0, 0.05) is 24.3 Å². The van der Waals surface area contributed by atoms with Crippen molar-refractivity contribution in [2.24, 2.45) is 0 Å². The zero-order valence-corrected chi connectivity index (χ0v) is 16.8. The summed E-state index contributed by atoms with van der Waals surface area (Å²) in [6, 6.07) is 18.7. The molecule has 2 aromatic carbocycles. The Balaban J connectivity index is 1.44. The number of fused-ring (bicyclic) bond motifs is 1. The molecule has 1 aliphatic carbocycles. The van der Waals surface area contributed by atoms with Crippen LogP contribution in [0, 0.1) is 6.92 Å². The molecule has 3 aromatic rings. The van der Waals surface area contributed by atoms with Crippen molar-refractivity contribution in [1.82, 2.24) is 14.7 Å². The number of benzene rings is 2. The molecule has 0 saturated carbocycles. The number of amides is 1. The van der Waals surface area contributed by atoms with Gasteiger partial charge < -0.3 is 4.90 Å². The van der Waals surface area contributed by atoms with Gasteiger partial charge in [-0.25, -0.2) is 4.68 Å². The first-order valence-electron chi connectivity index (χ1n) is 10.4. The van der Waals surface area contributed by atoms with Crippen LogP contribution in [0.5, 0.6) is 0 Å². The van der Waals surface area contributed by atoms with Crippen LogP contribution in [0.15, 0.2) is 60.7 Å². The fourth-order valence-electron chi connectivity index (χ4n) is 4.53. The maximum atomic E-state index is 13.4. The molecule has 146 valence electrons. The number of para-hydroxylation sites is 1. The smallest absolute Gasteiger partial charge is 0.274 e. The van der Waals surface area contributed by atoms with Crippen LogP contribution in [0.1, 0.15) is 45.7 Å². The monoisotopic (exact) mass is 383 g/mol. The van der Waals surface area contributed by atoms with Gasteiger partial charge in [-0.1, -0.05) is 54.6 Å². The highest BCUT2D eigenvalue weighted by atomic mass is 16.2. The van der Waals surface area contributed by atoms with Crippen LogP contribution in [0.4, 0.5) is 0 Å². The Hall–Kier alpha value is -3.14. The largest absolute Gasteiger partial charge is 0.333 e. The van der Waals surface area contributed by atoms with Gasteiger partial charge in [-0.3, -0.25) is 4.79 Å². The number of aromatic nitrogens is 2. The van der Waals surface area contributed by atoms with E-state index in [-0.39, 0.29) is 5.91 Å². The van der Waals surface area contributed by atoms with E-state index in [1.807, 2.05) is 27.8 Å². The molecule has 1 aromatic heterocycles. The van der Waals surface area contributed by atoms with E-state index in [1.54, 1.807) is 0 Å². The summed E-state index contributed by atoms with van der Waals surface area (Å²) in [5.74, 6) is 0.0684. The summed E-state index contributed by atoms with van der Waals surface area (Å²) >= 11 is 0. The fourth-order valence-corrected chi connectivity index (χ4v) is 4.53. The molecule has 0 fully saturated rings. The van der Waals surface area contributed by atoms with Crippen LogP contribution < -0.4 is 0 Å². The van der Waals surface area contributed by atoms with Crippen LogP contribution in [-0.4, -0.2) is 33.7 Å². The Labute approximate surface area is 171 Å². The van der Waals surface area contributed by atoms with E-state index in [4.69, 9.17) is 5.10 Å². The zero-order chi connectivity index (χ0) is 19.8. The number of carbonyl (C=O) groups is 1. The van der Waals surface area contributed by atoms with Gasteiger partial charge in [0.15, 0.2) is 5.69 Å². The standard InChI is InChI=1S/C25H25N3O/c1-18-8-5-6-12-22(18)28-23-13-7-11-21(23)24(26-28)25(29)27-16-14-20(15-17-27)19-9-3-2-4-10-19/h2-6,8-10,12,14H,7,11,13,15-17H2,1H3. The minimum Gasteiger partial charge on any atom is -0.333 e. The van der Waals surface area contributed by atoms with Gasteiger partial charge in [0.25, 0.3) is 5.91 Å².